The highest BCUT2D eigenvalue weighted by Crippen LogP contribution is 2.24. The molecule has 116 valence electrons. The Morgan fingerprint density at radius 2 is 1.91 bits per heavy atom. The third kappa shape index (κ3) is 2.87. The number of benzene rings is 1. The number of unbranched alkanes of at least 4 members (excludes halogenated alkanes) is 3. The summed E-state index contributed by atoms with van der Waals surface area (Å²) >= 11 is 0. The van der Waals surface area contributed by atoms with Crippen LogP contribution in [0.25, 0.3) is 22.1 Å². The molecule has 0 atom stereocenters. The van der Waals surface area contributed by atoms with Crippen molar-refractivity contribution in [2.75, 3.05) is 18.5 Å². The van der Waals surface area contributed by atoms with E-state index in [1.807, 2.05) is 29.8 Å². The molecule has 0 aliphatic rings. The number of aromatic nitrogens is 4. The van der Waals surface area contributed by atoms with Gasteiger partial charge in [0.05, 0.1) is 5.52 Å². The molecule has 0 saturated heterocycles. The minimum atomic E-state index is 0.276. The number of nitrogens with zero attached hydrogens (tertiary/aromatic N) is 4. The topological polar surface area (TPSA) is 75.9 Å². The van der Waals surface area contributed by atoms with Crippen LogP contribution in [0, 0.1) is 0 Å². The monoisotopic (exact) mass is 299 g/mol. The lowest BCUT2D eigenvalue weighted by Crippen LogP contribution is -2.07. The largest absolute Gasteiger partial charge is 0.396 e. The zero-order valence-electron chi connectivity index (χ0n) is 12.8. The fourth-order valence-electron chi connectivity index (χ4n) is 2.67. The van der Waals surface area contributed by atoms with Gasteiger partial charge in [-0.3, -0.25) is 0 Å². The van der Waals surface area contributed by atoms with Gasteiger partial charge < -0.3 is 15.0 Å². The minimum Gasteiger partial charge on any atom is -0.396 e. The van der Waals surface area contributed by atoms with Crippen LogP contribution in [0.15, 0.2) is 24.3 Å². The van der Waals surface area contributed by atoms with Gasteiger partial charge in [-0.2, -0.15) is 4.98 Å². The summed E-state index contributed by atoms with van der Waals surface area (Å²) < 4.78 is 2.05. The van der Waals surface area contributed by atoms with E-state index in [-0.39, 0.29) is 6.61 Å². The summed E-state index contributed by atoms with van der Waals surface area (Å²) in [6.45, 7) is 1.10. The van der Waals surface area contributed by atoms with E-state index < -0.39 is 0 Å². The summed E-state index contributed by atoms with van der Waals surface area (Å²) in [5.41, 5.74) is 2.80. The Kier molecular flexibility index (Phi) is 4.48. The van der Waals surface area contributed by atoms with Gasteiger partial charge in [0.15, 0.2) is 5.65 Å². The number of aryl methyl sites for hydroxylation is 1. The van der Waals surface area contributed by atoms with Gasteiger partial charge >= 0.3 is 0 Å². The standard InChI is InChI=1S/C16H21N5O/c1-21-13-9-5-4-8-12(13)14-15(21)18-16(20-19-14)17-10-6-2-3-7-11-22/h4-5,8-9,22H,2-3,6-7,10-11H2,1H3,(H,17,18,20). The van der Waals surface area contributed by atoms with E-state index in [1.165, 1.54) is 0 Å². The predicted octanol–water partition coefficient (Wildman–Crippen LogP) is 2.48. The number of rotatable bonds is 7. The summed E-state index contributed by atoms with van der Waals surface area (Å²) in [6, 6.07) is 8.12. The molecule has 0 amide bonds. The van der Waals surface area contributed by atoms with Crippen molar-refractivity contribution in [1.82, 2.24) is 19.7 Å². The smallest absolute Gasteiger partial charge is 0.244 e. The predicted molar refractivity (Wildman–Crippen MR) is 87.9 cm³/mol. The Labute approximate surface area is 129 Å². The second-order valence-corrected chi connectivity index (χ2v) is 5.45. The molecular formula is C16H21N5O. The number of nitrogens with one attached hydrogen (secondary N) is 1. The van der Waals surface area contributed by atoms with Crippen LogP contribution >= 0.6 is 0 Å². The van der Waals surface area contributed by atoms with Gasteiger partial charge in [0.2, 0.25) is 5.95 Å². The maximum Gasteiger partial charge on any atom is 0.244 e. The highest BCUT2D eigenvalue weighted by molar-refractivity contribution is 6.04. The summed E-state index contributed by atoms with van der Waals surface area (Å²) in [7, 11) is 2.00. The quantitative estimate of drug-likeness (QED) is 0.655. The fourth-order valence-corrected chi connectivity index (χ4v) is 2.67. The molecule has 0 aliphatic heterocycles. The maximum absolute atomic E-state index is 8.74. The highest BCUT2D eigenvalue weighted by Gasteiger charge is 2.11. The van der Waals surface area contributed by atoms with Gasteiger partial charge in [-0.15, -0.1) is 10.2 Å². The first-order valence-corrected chi connectivity index (χ1v) is 7.74. The van der Waals surface area contributed by atoms with Crippen LogP contribution in [0.1, 0.15) is 25.7 Å². The minimum absolute atomic E-state index is 0.276. The molecule has 0 spiro atoms. The zero-order valence-corrected chi connectivity index (χ0v) is 12.8. The van der Waals surface area contributed by atoms with Crippen LogP contribution in [0.4, 0.5) is 5.95 Å². The third-order valence-electron chi connectivity index (χ3n) is 3.87. The van der Waals surface area contributed by atoms with Crippen molar-refractivity contribution < 1.29 is 5.11 Å². The molecule has 0 fully saturated rings. The summed E-state index contributed by atoms with van der Waals surface area (Å²) in [4.78, 5) is 4.58. The van der Waals surface area contributed by atoms with Gasteiger partial charge in [0.1, 0.15) is 5.52 Å². The molecular weight excluding hydrogens is 278 g/mol. The van der Waals surface area contributed by atoms with Gasteiger partial charge in [-0.05, 0) is 18.9 Å². The summed E-state index contributed by atoms with van der Waals surface area (Å²) in [5, 5.41) is 21.6. The number of anilines is 1. The molecule has 0 radical (unpaired) electrons. The second-order valence-electron chi connectivity index (χ2n) is 5.45. The van der Waals surface area contributed by atoms with Crippen molar-refractivity contribution in [3.63, 3.8) is 0 Å². The Hall–Kier alpha value is -2.21. The Morgan fingerprint density at radius 1 is 1.09 bits per heavy atom. The van der Waals surface area contributed by atoms with Gasteiger partial charge in [-0.25, -0.2) is 0 Å². The first-order valence-electron chi connectivity index (χ1n) is 7.74. The molecule has 0 aliphatic carbocycles. The lowest BCUT2D eigenvalue weighted by molar-refractivity contribution is 0.283. The molecule has 3 rings (SSSR count). The van der Waals surface area contributed by atoms with E-state index in [0.29, 0.717) is 5.95 Å². The Bertz CT molecular complexity index is 768. The number of hydrogen-bond acceptors (Lipinski definition) is 5. The normalized spacial score (nSPS) is 11.4. The van der Waals surface area contributed by atoms with Gasteiger partial charge in [0.25, 0.3) is 0 Å². The van der Waals surface area contributed by atoms with Gasteiger partial charge in [-0.1, -0.05) is 31.0 Å². The van der Waals surface area contributed by atoms with Crippen LogP contribution in [0.2, 0.25) is 0 Å². The van der Waals surface area contributed by atoms with Crippen LogP contribution < -0.4 is 5.32 Å². The van der Waals surface area contributed by atoms with E-state index in [0.717, 1.165) is 54.3 Å². The Morgan fingerprint density at radius 3 is 2.77 bits per heavy atom. The summed E-state index contributed by atoms with van der Waals surface area (Å²) in [5.74, 6) is 0.570. The van der Waals surface area contributed by atoms with Crippen molar-refractivity contribution >= 4 is 28.0 Å². The van der Waals surface area contributed by atoms with Crippen LogP contribution in [-0.4, -0.2) is 38.0 Å². The van der Waals surface area contributed by atoms with E-state index in [1.54, 1.807) is 0 Å². The Balaban J connectivity index is 1.73. The fraction of sp³-hybridized carbons (Fsp3) is 0.438. The van der Waals surface area contributed by atoms with Crippen molar-refractivity contribution in [3.05, 3.63) is 24.3 Å². The molecule has 2 heterocycles. The van der Waals surface area contributed by atoms with Crippen molar-refractivity contribution in [2.45, 2.75) is 25.7 Å². The molecule has 0 unspecified atom stereocenters. The second kappa shape index (κ2) is 6.70. The molecule has 3 aromatic rings. The average molecular weight is 299 g/mol. The summed E-state index contributed by atoms with van der Waals surface area (Å²) in [6.07, 6.45) is 4.06. The molecule has 0 bridgehead atoms. The lowest BCUT2D eigenvalue weighted by Gasteiger charge is -2.04. The van der Waals surface area contributed by atoms with Crippen molar-refractivity contribution in [1.29, 1.82) is 0 Å². The van der Waals surface area contributed by atoms with Crippen molar-refractivity contribution in [3.8, 4) is 0 Å². The number of hydrogen-bond donors (Lipinski definition) is 2. The molecule has 1 aromatic carbocycles. The number of aliphatic hydroxyl groups excluding tert-OH is 1. The number of para-hydroxylation sites is 1. The van der Waals surface area contributed by atoms with Crippen LogP contribution in [0.3, 0.4) is 0 Å². The molecule has 22 heavy (non-hydrogen) atoms. The highest BCUT2D eigenvalue weighted by atomic mass is 16.2. The number of aliphatic hydroxyl groups is 1. The first-order chi connectivity index (χ1) is 10.8. The molecule has 0 saturated carbocycles. The zero-order chi connectivity index (χ0) is 15.4. The molecule has 6 heteroatoms. The van der Waals surface area contributed by atoms with Crippen LogP contribution in [-0.2, 0) is 7.05 Å². The molecule has 6 nitrogen and oxygen atoms in total. The van der Waals surface area contributed by atoms with Gasteiger partial charge in [0, 0.05) is 25.6 Å². The lowest BCUT2D eigenvalue weighted by atomic mass is 10.2. The van der Waals surface area contributed by atoms with E-state index in [9.17, 15) is 0 Å². The van der Waals surface area contributed by atoms with E-state index in [2.05, 4.69) is 26.6 Å². The van der Waals surface area contributed by atoms with Crippen LogP contribution in [0.5, 0.6) is 0 Å². The van der Waals surface area contributed by atoms with Crippen molar-refractivity contribution in [2.24, 2.45) is 7.05 Å². The number of fused-ring (bicyclic) bond motifs is 3. The van der Waals surface area contributed by atoms with E-state index >= 15 is 0 Å². The average Bonchev–Trinajstić information content (AvgIpc) is 2.84. The van der Waals surface area contributed by atoms with E-state index in [4.69, 9.17) is 5.11 Å². The maximum atomic E-state index is 8.74. The third-order valence-corrected chi connectivity index (χ3v) is 3.87. The SMILES string of the molecule is Cn1c2ccccc2c2nnc(NCCCCCCO)nc21. The first kappa shape index (κ1) is 14.7. The molecule has 2 aromatic heterocycles. The molecule has 2 N–H and O–H groups in total.